The number of carbonyl (C=O) groups excluding carboxylic acids is 1. The zero-order valence-electron chi connectivity index (χ0n) is 19.7. The Bertz CT molecular complexity index is 1590. The number of aromatic nitrogens is 4. The second-order valence-corrected chi connectivity index (χ2v) is 8.36. The number of rotatable bonds is 7. The molecule has 1 atom stereocenters. The molecule has 0 saturated carbocycles. The standard InChI is InChI=1S/C29H24N4O3/c1-20(28-30-25-15-9-8-14-24(25)29(35)31-28)36-26(34)17-16-23-19-33(18-21-10-4-2-5-11-21)32-27(23)22-12-6-3-7-13-22/h2-17,19-20H,18H2,1H3,(H,30,31,35)/b17-16+. The molecule has 7 heteroatoms. The SMILES string of the molecule is CC(OC(=O)/C=C/c1cn(Cc2ccccc2)nc1-c1ccccc1)c1nc2ccccc2c(=O)[nH]1. The number of aromatic amines is 1. The summed E-state index contributed by atoms with van der Waals surface area (Å²) in [5.74, 6) is -0.255. The second kappa shape index (κ2) is 10.2. The highest BCUT2D eigenvalue weighted by Crippen LogP contribution is 2.24. The number of nitrogens with one attached hydrogen (secondary N) is 1. The lowest BCUT2D eigenvalue weighted by Gasteiger charge is -2.11. The number of nitrogens with zero attached hydrogens (tertiary/aromatic N) is 3. The molecule has 178 valence electrons. The van der Waals surface area contributed by atoms with E-state index in [1.54, 1.807) is 37.3 Å². The molecule has 0 radical (unpaired) electrons. The van der Waals surface area contributed by atoms with Crippen molar-refractivity contribution in [2.45, 2.75) is 19.6 Å². The van der Waals surface area contributed by atoms with Crippen LogP contribution in [0, 0.1) is 0 Å². The predicted molar refractivity (Wildman–Crippen MR) is 139 cm³/mol. The predicted octanol–water partition coefficient (Wildman–Crippen LogP) is 5.15. The molecule has 0 aliphatic rings. The fraction of sp³-hybridized carbons (Fsp3) is 0.103. The average molecular weight is 477 g/mol. The van der Waals surface area contributed by atoms with Gasteiger partial charge in [0.25, 0.3) is 5.56 Å². The normalized spacial score (nSPS) is 12.1. The van der Waals surface area contributed by atoms with Gasteiger partial charge in [-0.25, -0.2) is 9.78 Å². The van der Waals surface area contributed by atoms with Crippen molar-refractivity contribution < 1.29 is 9.53 Å². The zero-order valence-corrected chi connectivity index (χ0v) is 19.7. The van der Waals surface area contributed by atoms with Gasteiger partial charge < -0.3 is 9.72 Å². The smallest absolute Gasteiger partial charge is 0.331 e. The highest BCUT2D eigenvalue weighted by molar-refractivity contribution is 5.88. The van der Waals surface area contributed by atoms with Crippen LogP contribution < -0.4 is 5.56 Å². The maximum absolute atomic E-state index is 12.6. The molecule has 36 heavy (non-hydrogen) atoms. The number of para-hydroxylation sites is 1. The summed E-state index contributed by atoms with van der Waals surface area (Å²) in [6.45, 7) is 2.28. The zero-order chi connectivity index (χ0) is 24.9. The Morgan fingerprint density at radius 2 is 1.69 bits per heavy atom. The summed E-state index contributed by atoms with van der Waals surface area (Å²) < 4.78 is 7.38. The average Bonchev–Trinajstić information content (AvgIpc) is 3.31. The van der Waals surface area contributed by atoms with Crippen molar-refractivity contribution in [3.8, 4) is 11.3 Å². The lowest BCUT2D eigenvalue weighted by Crippen LogP contribution is -2.16. The minimum absolute atomic E-state index is 0.271. The van der Waals surface area contributed by atoms with Gasteiger partial charge in [0.15, 0.2) is 11.9 Å². The third-order valence-corrected chi connectivity index (χ3v) is 5.73. The van der Waals surface area contributed by atoms with Crippen LogP contribution in [0.3, 0.4) is 0 Å². The van der Waals surface area contributed by atoms with Gasteiger partial charge in [-0.3, -0.25) is 9.48 Å². The molecule has 0 spiro atoms. The van der Waals surface area contributed by atoms with E-state index in [-0.39, 0.29) is 5.56 Å². The number of fused-ring (bicyclic) bond motifs is 1. The van der Waals surface area contributed by atoms with Gasteiger partial charge in [-0.15, -0.1) is 0 Å². The Morgan fingerprint density at radius 3 is 2.47 bits per heavy atom. The van der Waals surface area contributed by atoms with Crippen LogP contribution in [0.5, 0.6) is 0 Å². The Morgan fingerprint density at radius 1 is 1.00 bits per heavy atom. The van der Waals surface area contributed by atoms with Gasteiger partial charge in [-0.05, 0) is 30.7 Å². The Balaban J connectivity index is 1.36. The molecular formula is C29H24N4O3. The molecule has 5 rings (SSSR count). The van der Waals surface area contributed by atoms with Crippen molar-refractivity contribution in [3.05, 3.63) is 125 Å². The van der Waals surface area contributed by atoms with E-state index in [2.05, 4.69) is 9.97 Å². The molecule has 7 nitrogen and oxygen atoms in total. The second-order valence-electron chi connectivity index (χ2n) is 8.36. The molecule has 5 aromatic rings. The van der Waals surface area contributed by atoms with Gasteiger partial charge in [0.05, 0.1) is 23.1 Å². The lowest BCUT2D eigenvalue weighted by atomic mass is 10.1. The van der Waals surface area contributed by atoms with Gasteiger partial charge in [-0.1, -0.05) is 72.8 Å². The molecule has 0 amide bonds. The Kier molecular flexibility index (Phi) is 6.53. The van der Waals surface area contributed by atoms with Crippen LogP contribution in [0.25, 0.3) is 28.2 Å². The molecule has 0 bridgehead atoms. The van der Waals surface area contributed by atoms with E-state index < -0.39 is 12.1 Å². The molecule has 0 aliphatic carbocycles. The van der Waals surface area contributed by atoms with Crippen LogP contribution in [0.4, 0.5) is 0 Å². The van der Waals surface area contributed by atoms with Crippen LogP contribution in [-0.4, -0.2) is 25.7 Å². The van der Waals surface area contributed by atoms with Crippen molar-refractivity contribution >= 4 is 22.9 Å². The third kappa shape index (κ3) is 5.15. The molecule has 2 heterocycles. The van der Waals surface area contributed by atoms with E-state index in [0.717, 1.165) is 22.4 Å². The molecule has 1 unspecified atom stereocenters. The van der Waals surface area contributed by atoms with E-state index in [1.165, 1.54) is 6.08 Å². The molecule has 0 fully saturated rings. The fourth-order valence-corrected chi connectivity index (χ4v) is 3.95. The number of carbonyl (C=O) groups is 1. The number of hydrogen-bond donors (Lipinski definition) is 1. The minimum atomic E-state index is -0.728. The highest BCUT2D eigenvalue weighted by Gasteiger charge is 2.15. The molecule has 2 aromatic heterocycles. The Labute approximate surface area is 207 Å². The van der Waals surface area contributed by atoms with Crippen molar-refractivity contribution in [1.82, 2.24) is 19.7 Å². The van der Waals surface area contributed by atoms with E-state index in [9.17, 15) is 9.59 Å². The fourth-order valence-electron chi connectivity index (χ4n) is 3.95. The number of ether oxygens (including phenoxy) is 1. The summed E-state index contributed by atoms with van der Waals surface area (Å²) in [4.78, 5) is 32.1. The van der Waals surface area contributed by atoms with Crippen molar-refractivity contribution in [2.75, 3.05) is 0 Å². The number of esters is 1. The largest absolute Gasteiger partial charge is 0.451 e. The molecular weight excluding hydrogens is 452 g/mol. The van der Waals surface area contributed by atoms with E-state index >= 15 is 0 Å². The lowest BCUT2D eigenvalue weighted by molar-refractivity contribution is -0.142. The Hall–Kier alpha value is -4.78. The van der Waals surface area contributed by atoms with Gasteiger partial charge in [-0.2, -0.15) is 5.10 Å². The number of hydrogen-bond acceptors (Lipinski definition) is 5. The molecule has 0 saturated heterocycles. The molecule has 1 N–H and O–H groups in total. The maximum atomic E-state index is 12.6. The van der Waals surface area contributed by atoms with Crippen LogP contribution in [0.2, 0.25) is 0 Å². The van der Waals surface area contributed by atoms with Gasteiger partial charge in [0.2, 0.25) is 0 Å². The van der Waals surface area contributed by atoms with Gasteiger partial charge in [0.1, 0.15) is 0 Å². The van der Waals surface area contributed by atoms with Gasteiger partial charge >= 0.3 is 5.97 Å². The van der Waals surface area contributed by atoms with Crippen LogP contribution in [0.15, 0.2) is 102 Å². The molecule has 3 aromatic carbocycles. The summed E-state index contributed by atoms with van der Waals surface area (Å²) in [5, 5.41) is 5.25. The van der Waals surface area contributed by atoms with E-state index in [1.807, 2.05) is 71.5 Å². The summed E-state index contributed by atoms with van der Waals surface area (Å²) in [6, 6.07) is 26.9. The van der Waals surface area contributed by atoms with Crippen molar-refractivity contribution in [3.63, 3.8) is 0 Å². The maximum Gasteiger partial charge on any atom is 0.331 e. The van der Waals surface area contributed by atoms with Gasteiger partial charge in [0, 0.05) is 23.4 Å². The first-order chi connectivity index (χ1) is 17.6. The van der Waals surface area contributed by atoms with E-state index in [0.29, 0.717) is 23.3 Å². The molecule has 0 aliphatic heterocycles. The quantitative estimate of drug-likeness (QED) is 0.259. The third-order valence-electron chi connectivity index (χ3n) is 5.73. The van der Waals surface area contributed by atoms with Crippen LogP contribution in [0.1, 0.15) is 30.0 Å². The van der Waals surface area contributed by atoms with E-state index in [4.69, 9.17) is 9.84 Å². The van der Waals surface area contributed by atoms with Crippen LogP contribution >= 0.6 is 0 Å². The first-order valence-electron chi connectivity index (χ1n) is 11.6. The summed E-state index contributed by atoms with van der Waals surface area (Å²) in [7, 11) is 0. The monoisotopic (exact) mass is 476 g/mol. The number of benzene rings is 3. The summed E-state index contributed by atoms with van der Waals surface area (Å²) in [5.41, 5.74) is 3.91. The summed E-state index contributed by atoms with van der Waals surface area (Å²) >= 11 is 0. The minimum Gasteiger partial charge on any atom is -0.451 e. The van der Waals surface area contributed by atoms with Crippen molar-refractivity contribution in [1.29, 1.82) is 0 Å². The first kappa shape index (κ1) is 23.0. The first-order valence-corrected chi connectivity index (χ1v) is 11.6. The van der Waals surface area contributed by atoms with Crippen LogP contribution in [-0.2, 0) is 16.1 Å². The summed E-state index contributed by atoms with van der Waals surface area (Å²) in [6.07, 6.45) is 4.24. The highest BCUT2D eigenvalue weighted by atomic mass is 16.5. The van der Waals surface area contributed by atoms with Crippen molar-refractivity contribution in [2.24, 2.45) is 0 Å². The number of H-pyrrole nitrogens is 1. The topological polar surface area (TPSA) is 89.9 Å².